The van der Waals surface area contributed by atoms with Crippen LogP contribution in [0.3, 0.4) is 0 Å². The zero-order valence-corrected chi connectivity index (χ0v) is 13.3. The summed E-state index contributed by atoms with van der Waals surface area (Å²) in [5.74, 6) is 0.572. The molecule has 0 aromatic heterocycles. The summed E-state index contributed by atoms with van der Waals surface area (Å²) >= 11 is 3.49. The highest BCUT2D eigenvalue weighted by atomic mass is 79.9. The summed E-state index contributed by atoms with van der Waals surface area (Å²) in [5.41, 5.74) is 2.95. The molecule has 2 nitrogen and oxygen atoms in total. The zero-order chi connectivity index (χ0) is 14.2. The molecule has 0 N–H and O–H groups in total. The number of hydrogen-bond donors (Lipinski definition) is 0. The Morgan fingerprint density at radius 3 is 2.80 bits per heavy atom. The van der Waals surface area contributed by atoms with Crippen molar-refractivity contribution in [2.75, 3.05) is 11.9 Å². The second kappa shape index (κ2) is 5.45. The maximum absolute atomic E-state index is 12.4. The maximum atomic E-state index is 12.4. The number of rotatable bonds is 4. The Balaban J connectivity index is 2.06. The average Bonchev–Trinajstić information content (AvgIpc) is 2.95. The molecule has 0 spiro atoms. The van der Waals surface area contributed by atoms with E-state index in [0.29, 0.717) is 13.0 Å². The van der Waals surface area contributed by atoms with Crippen LogP contribution in [-0.4, -0.2) is 23.3 Å². The molecule has 2 atom stereocenters. The average molecular weight is 335 g/mol. The molecular formula is C17H19BrO2. The van der Waals surface area contributed by atoms with Gasteiger partial charge < -0.3 is 4.74 Å². The Labute approximate surface area is 128 Å². The van der Waals surface area contributed by atoms with Crippen LogP contribution in [0.15, 0.2) is 35.9 Å². The third kappa shape index (κ3) is 2.27. The first kappa shape index (κ1) is 14.0. The number of alkyl halides is 1. The molecule has 0 amide bonds. The largest absolute Gasteiger partial charge is 0.370 e. The predicted octanol–water partition coefficient (Wildman–Crippen LogP) is 3.99. The van der Waals surface area contributed by atoms with Crippen molar-refractivity contribution in [1.29, 1.82) is 0 Å². The minimum atomic E-state index is -0.268. The van der Waals surface area contributed by atoms with Crippen LogP contribution < -0.4 is 0 Å². The number of allylic oxidation sites excluding steroid dienone is 1. The van der Waals surface area contributed by atoms with Crippen molar-refractivity contribution in [2.24, 2.45) is 5.92 Å². The standard InChI is InChI=1S/C17H19BrO2/c1-17(8-5-9-18)16-13(11-20-17)10-14(19)15(16)12-6-3-2-4-7-12/h2-4,6-7,13H,5,8-11H2,1H3/t13-,17?/m1/s1. The smallest absolute Gasteiger partial charge is 0.164 e. The molecule has 1 unspecified atom stereocenters. The molecule has 3 heteroatoms. The number of benzene rings is 1. The van der Waals surface area contributed by atoms with Gasteiger partial charge >= 0.3 is 0 Å². The van der Waals surface area contributed by atoms with Gasteiger partial charge in [-0.15, -0.1) is 0 Å². The maximum Gasteiger partial charge on any atom is 0.164 e. The molecule has 1 aromatic rings. The van der Waals surface area contributed by atoms with Crippen molar-refractivity contribution in [3.63, 3.8) is 0 Å². The topological polar surface area (TPSA) is 26.3 Å². The molecule has 20 heavy (non-hydrogen) atoms. The Kier molecular flexibility index (Phi) is 3.83. The SMILES string of the molecule is CC1(CCCBr)OC[C@H]2CC(=O)C(c3ccccc3)=C21. The molecule has 1 aliphatic heterocycles. The Hall–Kier alpha value is -0.930. The van der Waals surface area contributed by atoms with Crippen LogP contribution in [0.2, 0.25) is 0 Å². The van der Waals surface area contributed by atoms with Crippen molar-refractivity contribution >= 4 is 27.3 Å². The molecule has 1 fully saturated rings. The fourth-order valence-electron chi connectivity index (χ4n) is 3.52. The fourth-order valence-corrected chi connectivity index (χ4v) is 3.80. The van der Waals surface area contributed by atoms with E-state index in [2.05, 4.69) is 22.9 Å². The quantitative estimate of drug-likeness (QED) is 0.778. The molecule has 0 radical (unpaired) electrons. The first-order chi connectivity index (χ1) is 9.65. The third-order valence-corrected chi connectivity index (χ3v) is 4.97. The van der Waals surface area contributed by atoms with Gasteiger partial charge in [-0.1, -0.05) is 46.3 Å². The summed E-state index contributed by atoms with van der Waals surface area (Å²) in [6.45, 7) is 2.84. The van der Waals surface area contributed by atoms with Gasteiger partial charge in [0.25, 0.3) is 0 Å². The van der Waals surface area contributed by atoms with Crippen molar-refractivity contribution in [2.45, 2.75) is 31.8 Å². The Morgan fingerprint density at radius 2 is 2.10 bits per heavy atom. The summed E-state index contributed by atoms with van der Waals surface area (Å²) in [7, 11) is 0. The second-order valence-electron chi connectivity index (χ2n) is 5.81. The molecule has 3 rings (SSSR count). The van der Waals surface area contributed by atoms with Crippen LogP contribution in [0.5, 0.6) is 0 Å². The lowest BCUT2D eigenvalue weighted by Crippen LogP contribution is -2.26. The lowest BCUT2D eigenvalue weighted by atomic mass is 9.84. The van der Waals surface area contributed by atoms with Crippen molar-refractivity contribution in [3.05, 3.63) is 41.5 Å². The van der Waals surface area contributed by atoms with Gasteiger partial charge in [-0.3, -0.25) is 4.79 Å². The molecule has 0 bridgehead atoms. The van der Waals surface area contributed by atoms with Crippen LogP contribution >= 0.6 is 15.9 Å². The van der Waals surface area contributed by atoms with Crippen LogP contribution in [0.1, 0.15) is 31.7 Å². The summed E-state index contributed by atoms with van der Waals surface area (Å²) < 4.78 is 6.08. The molecule has 106 valence electrons. The van der Waals surface area contributed by atoms with E-state index in [1.54, 1.807) is 0 Å². The number of Topliss-reactive ketones (excluding diaryl/α,β-unsaturated/α-hetero) is 1. The molecule has 1 aromatic carbocycles. The summed E-state index contributed by atoms with van der Waals surface area (Å²) in [5, 5.41) is 0.971. The Morgan fingerprint density at radius 1 is 1.35 bits per heavy atom. The molecule has 1 aliphatic carbocycles. The zero-order valence-electron chi connectivity index (χ0n) is 11.7. The van der Waals surface area contributed by atoms with Gasteiger partial charge in [0, 0.05) is 23.2 Å². The van der Waals surface area contributed by atoms with Crippen LogP contribution in [-0.2, 0) is 9.53 Å². The van der Waals surface area contributed by atoms with Gasteiger partial charge in [-0.25, -0.2) is 0 Å². The number of ether oxygens (including phenoxy) is 1. The van der Waals surface area contributed by atoms with Gasteiger partial charge in [-0.05, 0) is 30.9 Å². The number of carbonyl (C=O) groups is 1. The van der Waals surface area contributed by atoms with E-state index in [1.165, 1.54) is 5.57 Å². The number of halogens is 1. The van der Waals surface area contributed by atoms with E-state index < -0.39 is 0 Å². The van der Waals surface area contributed by atoms with Gasteiger partial charge in [0.1, 0.15) is 0 Å². The van der Waals surface area contributed by atoms with E-state index >= 15 is 0 Å². The van der Waals surface area contributed by atoms with Crippen molar-refractivity contribution < 1.29 is 9.53 Å². The summed E-state index contributed by atoms with van der Waals surface area (Å²) in [4.78, 5) is 12.4. The molecule has 1 heterocycles. The normalized spacial score (nSPS) is 29.1. The minimum absolute atomic E-state index is 0.268. The van der Waals surface area contributed by atoms with Gasteiger partial charge in [-0.2, -0.15) is 0 Å². The first-order valence-electron chi connectivity index (χ1n) is 7.19. The number of fused-ring (bicyclic) bond motifs is 1. The monoisotopic (exact) mass is 334 g/mol. The van der Waals surface area contributed by atoms with Gasteiger partial charge in [0.05, 0.1) is 12.2 Å². The molecule has 0 saturated carbocycles. The highest BCUT2D eigenvalue weighted by molar-refractivity contribution is 9.09. The highest BCUT2D eigenvalue weighted by Gasteiger charge is 2.48. The molecule has 1 saturated heterocycles. The lowest BCUT2D eigenvalue weighted by molar-refractivity contribution is -0.114. The van der Waals surface area contributed by atoms with Crippen LogP contribution in [0.4, 0.5) is 0 Å². The predicted molar refractivity (Wildman–Crippen MR) is 83.9 cm³/mol. The van der Waals surface area contributed by atoms with E-state index in [-0.39, 0.29) is 17.3 Å². The lowest BCUT2D eigenvalue weighted by Gasteiger charge is -2.26. The van der Waals surface area contributed by atoms with Gasteiger partial charge in [0.15, 0.2) is 5.78 Å². The van der Waals surface area contributed by atoms with Crippen molar-refractivity contribution in [1.82, 2.24) is 0 Å². The highest BCUT2D eigenvalue weighted by Crippen LogP contribution is 2.49. The number of carbonyl (C=O) groups excluding carboxylic acids is 1. The van der Waals surface area contributed by atoms with Crippen LogP contribution in [0.25, 0.3) is 5.57 Å². The van der Waals surface area contributed by atoms with E-state index in [9.17, 15) is 4.79 Å². The van der Waals surface area contributed by atoms with E-state index in [0.717, 1.165) is 29.3 Å². The Bertz CT molecular complexity index is 549. The number of hydrogen-bond acceptors (Lipinski definition) is 2. The third-order valence-electron chi connectivity index (χ3n) is 4.41. The summed E-state index contributed by atoms with van der Waals surface area (Å²) in [6.07, 6.45) is 2.64. The van der Waals surface area contributed by atoms with E-state index in [1.807, 2.05) is 30.3 Å². The molecule has 2 aliphatic rings. The van der Waals surface area contributed by atoms with Gasteiger partial charge in [0.2, 0.25) is 0 Å². The van der Waals surface area contributed by atoms with Crippen molar-refractivity contribution in [3.8, 4) is 0 Å². The second-order valence-corrected chi connectivity index (χ2v) is 6.61. The van der Waals surface area contributed by atoms with E-state index in [4.69, 9.17) is 4.74 Å². The number of ketones is 1. The van der Waals surface area contributed by atoms with Crippen LogP contribution in [0, 0.1) is 5.92 Å². The molecular weight excluding hydrogens is 316 g/mol. The minimum Gasteiger partial charge on any atom is -0.370 e. The fraction of sp³-hybridized carbons (Fsp3) is 0.471. The summed E-state index contributed by atoms with van der Waals surface area (Å²) in [6, 6.07) is 10.0. The first-order valence-corrected chi connectivity index (χ1v) is 8.31.